The van der Waals surface area contributed by atoms with Crippen LogP contribution in [-0.4, -0.2) is 26.0 Å². The number of benzene rings is 1. The third-order valence-electron chi connectivity index (χ3n) is 3.78. The third-order valence-corrected chi connectivity index (χ3v) is 3.78. The number of nitrogens with one attached hydrogen (secondary N) is 1. The molecule has 112 valence electrons. The zero-order valence-corrected chi connectivity index (χ0v) is 13.4. The fourth-order valence-corrected chi connectivity index (χ4v) is 2.60. The Kier molecular flexibility index (Phi) is 6.50. The Bertz CT molecular complexity index is 460. The number of hydrogen-bond acceptors (Lipinski definition) is 2. The van der Waals surface area contributed by atoms with Crippen LogP contribution in [0.2, 0.25) is 0 Å². The molecule has 1 aliphatic rings. The Hall–Kier alpha value is -1.06. The van der Waals surface area contributed by atoms with E-state index in [1.807, 2.05) is 11.9 Å². The Morgan fingerprint density at radius 3 is 2.80 bits per heavy atom. The van der Waals surface area contributed by atoms with Crippen LogP contribution >= 0.6 is 12.4 Å². The molecule has 0 fully saturated rings. The molecule has 1 aliphatic heterocycles. The van der Waals surface area contributed by atoms with Crippen LogP contribution < -0.4 is 10.2 Å². The molecule has 1 aromatic carbocycles. The molecule has 0 spiro atoms. The average molecular weight is 297 g/mol. The molecular weight excluding hydrogens is 272 g/mol. The number of nitrogens with zero attached hydrogens (tertiary/aromatic N) is 1. The molecule has 20 heavy (non-hydrogen) atoms. The van der Waals surface area contributed by atoms with Gasteiger partial charge in [-0.3, -0.25) is 4.79 Å². The van der Waals surface area contributed by atoms with E-state index in [1.165, 1.54) is 11.1 Å². The minimum absolute atomic E-state index is 0. The number of rotatable bonds is 4. The van der Waals surface area contributed by atoms with Crippen LogP contribution in [0, 0.1) is 0 Å². The van der Waals surface area contributed by atoms with E-state index in [-0.39, 0.29) is 18.3 Å². The van der Waals surface area contributed by atoms with E-state index in [0.717, 1.165) is 31.6 Å². The predicted octanol–water partition coefficient (Wildman–Crippen LogP) is 3.12. The van der Waals surface area contributed by atoms with E-state index in [1.54, 1.807) is 0 Å². The Morgan fingerprint density at radius 1 is 1.40 bits per heavy atom. The zero-order chi connectivity index (χ0) is 13.8. The molecule has 0 saturated heterocycles. The van der Waals surface area contributed by atoms with E-state index in [2.05, 4.69) is 37.4 Å². The molecule has 0 radical (unpaired) electrons. The van der Waals surface area contributed by atoms with Gasteiger partial charge in [-0.15, -0.1) is 12.4 Å². The zero-order valence-electron chi connectivity index (χ0n) is 12.6. The van der Waals surface area contributed by atoms with Crippen molar-refractivity contribution in [2.75, 3.05) is 25.0 Å². The van der Waals surface area contributed by atoms with Crippen molar-refractivity contribution in [3.8, 4) is 0 Å². The van der Waals surface area contributed by atoms with Crippen LogP contribution in [0.4, 0.5) is 5.69 Å². The lowest BCUT2D eigenvalue weighted by Gasteiger charge is -2.30. The van der Waals surface area contributed by atoms with Crippen molar-refractivity contribution in [3.63, 3.8) is 0 Å². The van der Waals surface area contributed by atoms with Gasteiger partial charge in [-0.2, -0.15) is 0 Å². The standard InChI is InChI=1S/C16H24N2O.ClH/c1-12(2)13-6-7-15-14(11-13)5-4-10-18(15)16(19)8-9-17-3;/h6-7,11-12,17H,4-5,8-10H2,1-3H3;1H. The monoisotopic (exact) mass is 296 g/mol. The second kappa shape index (κ2) is 7.65. The number of fused-ring (bicyclic) bond motifs is 1. The molecule has 0 saturated carbocycles. The normalized spacial score (nSPS) is 13.9. The molecule has 1 N–H and O–H groups in total. The summed E-state index contributed by atoms with van der Waals surface area (Å²) in [6, 6.07) is 6.56. The van der Waals surface area contributed by atoms with Crippen LogP contribution in [-0.2, 0) is 11.2 Å². The topological polar surface area (TPSA) is 32.3 Å². The van der Waals surface area contributed by atoms with Crippen molar-refractivity contribution in [1.82, 2.24) is 5.32 Å². The van der Waals surface area contributed by atoms with E-state index in [9.17, 15) is 4.79 Å². The van der Waals surface area contributed by atoms with E-state index < -0.39 is 0 Å². The highest BCUT2D eigenvalue weighted by atomic mass is 35.5. The molecule has 1 aromatic rings. The second-order valence-corrected chi connectivity index (χ2v) is 5.55. The lowest BCUT2D eigenvalue weighted by atomic mass is 9.94. The van der Waals surface area contributed by atoms with E-state index in [4.69, 9.17) is 0 Å². The summed E-state index contributed by atoms with van der Waals surface area (Å²) >= 11 is 0. The summed E-state index contributed by atoms with van der Waals surface area (Å²) < 4.78 is 0. The molecule has 0 aromatic heterocycles. The largest absolute Gasteiger partial charge is 0.319 e. The first-order valence-corrected chi connectivity index (χ1v) is 7.21. The van der Waals surface area contributed by atoms with Crippen molar-refractivity contribution < 1.29 is 4.79 Å². The lowest BCUT2D eigenvalue weighted by molar-refractivity contribution is -0.118. The Labute approximate surface area is 128 Å². The first-order chi connectivity index (χ1) is 9.13. The fraction of sp³-hybridized carbons (Fsp3) is 0.562. The highest BCUT2D eigenvalue weighted by molar-refractivity contribution is 5.94. The van der Waals surface area contributed by atoms with E-state index >= 15 is 0 Å². The molecule has 4 heteroatoms. The van der Waals surface area contributed by atoms with Crippen LogP contribution in [0.15, 0.2) is 18.2 Å². The number of halogens is 1. The number of aryl methyl sites for hydroxylation is 1. The highest BCUT2D eigenvalue weighted by Crippen LogP contribution is 2.30. The summed E-state index contributed by atoms with van der Waals surface area (Å²) in [5.41, 5.74) is 3.82. The van der Waals surface area contributed by atoms with Gasteiger partial charge >= 0.3 is 0 Å². The average Bonchev–Trinajstić information content (AvgIpc) is 2.43. The van der Waals surface area contributed by atoms with Crippen LogP contribution in [0.5, 0.6) is 0 Å². The maximum atomic E-state index is 12.2. The molecule has 2 rings (SSSR count). The second-order valence-electron chi connectivity index (χ2n) is 5.55. The summed E-state index contributed by atoms with van der Waals surface area (Å²) in [6.07, 6.45) is 2.73. The number of hydrogen-bond donors (Lipinski definition) is 1. The summed E-state index contributed by atoms with van der Waals surface area (Å²) in [5.74, 6) is 0.772. The summed E-state index contributed by atoms with van der Waals surface area (Å²) in [5, 5.41) is 3.04. The van der Waals surface area contributed by atoms with Gasteiger partial charge in [0, 0.05) is 25.2 Å². The first-order valence-electron chi connectivity index (χ1n) is 7.21. The lowest BCUT2D eigenvalue weighted by Crippen LogP contribution is -2.36. The number of carbonyl (C=O) groups excluding carboxylic acids is 1. The molecular formula is C16H25ClN2O. The van der Waals surface area contributed by atoms with Gasteiger partial charge in [-0.05, 0) is 43.0 Å². The molecule has 0 atom stereocenters. The molecule has 1 heterocycles. The smallest absolute Gasteiger partial charge is 0.228 e. The molecule has 3 nitrogen and oxygen atoms in total. The maximum absolute atomic E-state index is 12.2. The van der Waals surface area contributed by atoms with Gasteiger partial charge < -0.3 is 10.2 Å². The highest BCUT2D eigenvalue weighted by Gasteiger charge is 2.22. The number of carbonyl (C=O) groups is 1. The van der Waals surface area contributed by atoms with Gasteiger partial charge in [0.25, 0.3) is 0 Å². The van der Waals surface area contributed by atoms with Crippen molar-refractivity contribution in [1.29, 1.82) is 0 Å². The Morgan fingerprint density at radius 2 is 2.15 bits per heavy atom. The van der Waals surface area contributed by atoms with Gasteiger partial charge in [-0.1, -0.05) is 26.0 Å². The van der Waals surface area contributed by atoms with E-state index in [0.29, 0.717) is 12.3 Å². The number of amides is 1. The first kappa shape index (κ1) is 17.0. The van der Waals surface area contributed by atoms with Gasteiger partial charge in [0.05, 0.1) is 0 Å². The molecule has 0 bridgehead atoms. The quantitative estimate of drug-likeness (QED) is 0.926. The van der Waals surface area contributed by atoms with Gasteiger partial charge in [0.2, 0.25) is 5.91 Å². The number of anilines is 1. The van der Waals surface area contributed by atoms with Crippen LogP contribution in [0.3, 0.4) is 0 Å². The predicted molar refractivity (Wildman–Crippen MR) is 87.0 cm³/mol. The molecule has 0 aliphatic carbocycles. The minimum Gasteiger partial charge on any atom is -0.319 e. The minimum atomic E-state index is 0. The third kappa shape index (κ3) is 3.74. The molecule has 1 amide bonds. The fourth-order valence-electron chi connectivity index (χ4n) is 2.60. The van der Waals surface area contributed by atoms with Crippen molar-refractivity contribution in [2.24, 2.45) is 0 Å². The Balaban J connectivity index is 0.00000200. The maximum Gasteiger partial charge on any atom is 0.228 e. The SMILES string of the molecule is CNCCC(=O)N1CCCc2cc(C(C)C)ccc21.Cl. The van der Waals surface area contributed by atoms with Crippen molar-refractivity contribution in [2.45, 2.75) is 39.0 Å². The van der Waals surface area contributed by atoms with Crippen LogP contribution in [0.25, 0.3) is 0 Å². The van der Waals surface area contributed by atoms with Crippen molar-refractivity contribution >= 4 is 24.0 Å². The van der Waals surface area contributed by atoms with Gasteiger partial charge in [0.15, 0.2) is 0 Å². The van der Waals surface area contributed by atoms with Crippen LogP contribution in [0.1, 0.15) is 43.7 Å². The summed E-state index contributed by atoms with van der Waals surface area (Å²) in [6.45, 7) is 6.02. The van der Waals surface area contributed by atoms with Crippen molar-refractivity contribution in [3.05, 3.63) is 29.3 Å². The van der Waals surface area contributed by atoms with Gasteiger partial charge in [-0.25, -0.2) is 0 Å². The summed E-state index contributed by atoms with van der Waals surface area (Å²) in [4.78, 5) is 14.2. The molecule has 0 unspecified atom stereocenters. The van der Waals surface area contributed by atoms with Gasteiger partial charge in [0.1, 0.15) is 0 Å². The summed E-state index contributed by atoms with van der Waals surface area (Å²) in [7, 11) is 1.88.